The second kappa shape index (κ2) is 10.1. The van der Waals surface area contributed by atoms with Crippen LogP contribution in [-0.4, -0.2) is 20.2 Å². The van der Waals surface area contributed by atoms with Crippen LogP contribution in [0.15, 0.2) is 82.9 Å². The van der Waals surface area contributed by atoms with E-state index in [4.69, 9.17) is 16.8 Å². The molecule has 35 heavy (non-hydrogen) atoms. The van der Waals surface area contributed by atoms with E-state index in [-0.39, 0.29) is 29.6 Å². The molecule has 0 spiro atoms. The van der Waals surface area contributed by atoms with Gasteiger partial charge in [-0.25, -0.2) is 14.7 Å². The maximum atomic E-state index is 14.1. The number of benzene rings is 3. The third kappa shape index (κ3) is 5.08. The number of halogens is 2. The van der Waals surface area contributed by atoms with Crippen LogP contribution in [0.3, 0.4) is 0 Å². The summed E-state index contributed by atoms with van der Waals surface area (Å²) in [6.07, 6.45) is 0.433. The van der Waals surface area contributed by atoms with Crippen LogP contribution >= 0.6 is 11.6 Å². The maximum Gasteiger partial charge on any atom is 0.331 e. The number of hydroxylamine groups is 1. The van der Waals surface area contributed by atoms with Crippen molar-refractivity contribution in [3.63, 3.8) is 0 Å². The first kappa shape index (κ1) is 24.1. The summed E-state index contributed by atoms with van der Waals surface area (Å²) in [5.41, 5.74) is 2.82. The summed E-state index contributed by atoms with van der Waals surface area (Å²) in [4.78, 5) is 38.1. The lowest BCUT2D eigenvalue weighted by Gasteiger charge is -2.15. The van der Waals surface area contributed by atoms with Gasteiger partial charge in [0.25, 0.3) is 11.5 Å². The minimum absolute atomic E-state index is 0.0684. The smallest absolute Gasteiger partial charge is 0.289 e. The van der Waals surface area contributed by atoms with Crippen LogP contribution < -0.4 is 16.7 Å². The van der Waals surface area contributed by atoms with Gasteiger partial charge in [-0.1, -0.05) is 54.6 Å². The number of amides is 1. The molecule has 178 valence electrons. The van der Waals surface area contributed by atoms with Gasteiger partial charge in [0.15, 0.2) is 0 Å². The van der Waals surface area contributed by atoms with Gasteiger partial charge in [-0.2, -0.15) is 0 Å². The van der Waals surface area contributed by atoms with Crippen molar-refractivity contribution in [2.45, 2.75) is 19.5 Å². The van der Waals surface area contributed by atoms with Crippen molar-refractivity contribution >= 4 is 34.0 Å². The van der Waals surface area contributed by atoms with Crippen LogP contribution in [0.1, 0.15) is 16.7 Å². The van der Waals surface area contributed by atoms with Crippen molar-refractivity contribution in [2.75, 3.05) is 0 Å². The lowest BCUT2D eigenvalue weighted by atomic mass is 10.0. The monoisotopic (exact) mass is 493 g/mol. The summed E-state index contributed by atoms with van der Waals surface area (Å²) in [7, 11) is 0. The van der Waals surface area contributed by atoms with Gasteiger partial charge >= 0.3 is 5.69 Å². The molecule has 4 rings (SSSR count). The van der Waals surface area contributed by atoms with Gasteiger partial charge in [0.1, 0.15) is 5.82 Å². The largest absolute Gasteiger partial charge is 0.331 e. The Morgan fingerprint density at radius 3 is 2.29 bits per heavy atom. The van der Waals surface area contributed by atoms with Crippen molar-refractivity contribution in [1.82, 2.24) is 14.6 Å². The van der Waals surface area contributed by atoms with E-state index in [1.165, 1.54) is 28.2 Å². The van der Waals surface area contributed by atoms with E-state index < -0.39 is 23.0 Å². The van der Waals surface area contributed by atoms with Crippen molar-refractivity contribution in [3.8, 4) is 0 Å². The zero-order valence-electron chi connectivity index (χ0n) is 18.5. The summed E-state index contributed by atoms with van der Waals surface area (Å²) in [6.45, 7) is 3.84. The minimum Gasteiger partial charge on any atom is -0.289 e. The highest BCUT2D eigenvalue weighted by Crippen LogP contribution is 2.17. The fourth-order valence-electron chi connectivity index (χ4n) is 3.82. The van der Waals surface area contributed by atoms with Crippen molar-refractivity contribution in [2.24, 2.45) is 0 Å². The molecule has 0 aliphatic rings. The van der Waals surface area contributed by atoms with Crippen LogP contribution in [0, 0.1) is 5.82 Å². The Kier molecular flexibility index (Phi) is 6.95. The Labute approximate surface area is 204 Å². The number of aryl methyl sites for hydroxylation is 1. The molecule has 1 aromatic heterocycles. The molecule has 0 atom stereocenters. The van der Waals surface area contributed by atoms with E-state index in [1.807, 2.05) is 12.1 Å². The molecule has 0 fully saturated rings. The third-order valence-electron chi connectivity index (χ3n) is 5.74. The first-order valence-electron chi connectivity index (χ1n) is 10.7. The van der Waals surface area contributed by atoms with Gasteiger partial charge in [0.2, 0.25) is 0 Å². The second-order valence-electron chi connectivity index (χ2n) is 7.98. The van der Waals surface area contributed by atoms with Crippen LogP contribution in [0.4, 0.5) is 4.39 Å². The van der Waals surface area contributed by atoms with E-state index in [0.29, 0.717) is 22.6 Å². The van der Waals surface area contributed by atoms with Crippen LogP contribution in [-0.2, 0) is 24.3 Å². The Morgan fingerprint density at radius 2 is 1.63 bits per heavy atom. The summed E-state index contributed by atoms with van der Waals surface area (Å²) in [5.74, 6) is -1.30. The molecule has 0 bridgehead atoms. The minimum atomic E-state index is -0.733. The van der Waals surface area contributed by atoms with Gasteiger partial charge in [-0.05, 0) is 53.4 Å². The number of hydrogen-bond acceptors (Lipinski definition) is 4. The average Bonchev–Trinajstić information content (AvgIpc) is 2.87. The molecule has 0 saturated heterocycles. The number of fused-ring (bicyclic) bond motifs is 1. The fraction of sp³-hybridized carbons (Fsp3) is 0.115. The zero-order valence-corrected chi connectivity index (χ0v) is 19.3. The van der Waals surface area contributed by atoms with E-state index >= 15 is 0 Å². The predicted molar refractivity (Wildman–Crippen MR) is 132 cm³/mol. The van der Waals surface area contributed by atoms with E-state index in [2.05, 4.69) is 6.58 Å². The molecular weight excluding hydrogens is 473 g/mol. The number of nitrogens with one attached hydrogen (secondary N) is 1. The van der Waals surface area contributed by atoms with Crippen LogP contribution in [0.5, 0.6) is 0 Å². The first-order chi connectivity index (χ1) is 16.8. The summed E-state index contributed by atoms with van der Waals surface area (Å²) in [6, 6.07) is 17.5. The third-order valence-corrected chi connectivity index (χ3v) is 6.00. The molecule has 0 aliphatic carbocycles. The first-order valence-corrected chi connectivity index (χ1v) is 11.1. The summed E-state index contributed by atoms with van der Waals surface area (Å²) >= 11 is 5.93. The molecule has 0 aliphatic heterocycles. The van der Waals surface area contributed by atoms with Crippen LogP contribution in [0.2, 0.25) is 5.02 Å². The second-order valence-corrected chi connectivity index (χ2v) is 8.42. The molecule has 9 heteroatoms. The molecule has 0 saturated carbocycles. The number of nitrogens with zero attached hydrogens (tertiary/aromatic N) is 2. The molecule has 1 amide bonds. The van der Waals surface area contributed by atoms with E-state index in [0.717, 1.165) is 10.1 Å². The number of aromatic nitrogens is 2. The summed E-state index contributed by atoms with van der Waals surface area (Å²) in [5, 5.41) is 9.60. The number of rotatable bonds is 7. The SMILES string of the molecule is C=C(C(=O)NO)c1ccc(Cn2c(=O)n(CCc3ccc(Cl)cc3)c(=O)c3ccc(F)cc32)cc1. The fourth-order valence-corrected chi connectivity index (χ4v) is 3.95. The Balaban J connectivity index is 1.73. The van der Waals surface area contributed by atoms with Crippen molar-refractivity contribution < 1.29 is 14.4 Å². The molecule has 1 heterocycles. The van der Waals surface area contributed by atoms with Gasteiger partial charge < -0.3 is 0 Å². The molecule has 4 aromatic rings. The lowest BCUT2D eigenvalue weighted by Crippen LogP contribution is -2.40. The van der Waals surface area contributed by atoms with Gasteiger partial charge in [0, 0.05) is 17.1 Å². The highest BCUT2D eigenvalue weighted by atomic mass is 35.5. The topological polar surface area (TPSA) is 93.3 Å². The van der Waals surface area contributed by atoms with E-state index in [1.54, 1.807) is 36.4 Å². The number of hydrogen-bond donors (Lipinski definition) is 2. The standard InChI is InChI=1S/C26H21ClFN3O4/c1-16(24(32)29-35)19-6-2-18(3-7-19)15-31-23-14-21(28)10-11-22(23)25(33)30(26(31)34)13-12-17-4-8-20(27)9-5-17/h2-11,14,35H,1,12-13,15H2,(H,29,32). The zero-order chi connectivity index (χ0) is 25.1. The number of carbonyl (C=O) groups excluding carboxylic acids is 1. The average molecular weight is 494 g/mol. The van der Waals surface area contributed by atoms with Crippen molar-refractivity contribution in [1.29, 1.82) is 0 Å². The normalized spacial score (nSPS) is 10.9. The summed E-state index contributed by atoms with van der Waals surface area (Å²) < 4.78 is 16.6. The lowest BCUT2D eigenvalue weighted by molar-refractivity contribution is -0.123. The van der Waals surface area contributed by atoms with Gasteiger partial charge in [-0.3, -0.25) is 23.9 Å². The molecule has 7 nitrogen and oxygen atoms in total. The molecular formula is C26H21ClFN3O4. The van der Waals surface area contributed by atoms with Crippen LogP contribution in [0.25, 0.3) is 16.5 Å². The predicted octanol–water partition coefficient (Wildman–Crippen LogP) is 3.77. The van der Waals surface area contributed by atoms with E-state index in [9.17, 15) is 18.8 Å². The Morgan fingerprint density at radius 1 is 0.971 bits per heavy atom. The Hall–Kier alpha value is -4.01. The Bertz CT molecular complexity index is 1540. The van der Waals surface area contributed by atoms with Gasteiger partial charge in [-0.15, -0.1) is 0 Å². The molecule has 3 aromatic carbocycles. The highest BCUT2D eigenvalue weighted by molar-refractivity contribution is 6.30. The van der Waals surface area contributed by atoms with Crippen molar-refractivity contribution in [3.05, 3.63) is 122 Å². The quantitative estimate of drug-likeness (QED) is 0.233. The maximum absolute atomic E-state index is 14.1. The molecule has 2 N–H and O–H groups in total. The van der Waals surface area contributed by atoms with Gasteiger partial charge in [0.05, 0.1) is 17.4 Å². The highest BCUT2D eigenvalue weighted by Gasteiger charge is 2.15. The molecule has 0 unspecified atom stereocenters. The molecule has 0 radical (unpaired) electrons. The number of carbonyl (C=O) groups is 1.